The predicted octanol–water partition coefficient (Wildman–Crippen LogP) is -0.956. The maximum atomic E-state index is 12.5. The van der Waals surface area contributed by atoms with Crippen molar-refractivity contribution < 1.29 is 48.1 Å². The number of hydrogen-bond donors (Lipinski definition) is 2. The van der Waals surface area contributed by atoms with Gasteiger partial charge in [-0.1, -0.05) is 0 Å². The van der Waals surface area contributed by atoms with E-state index in [2.05, 4.69) is 15.1 Å². The van der Waals surface area contributed by atoms with E-state index in [4.69, 9.17) is 14.6 Å². The highest BCUT2D eigenvalue weighted by atomic mass is 16.6. The Bertz CT molecular complexity index is 1460. The molecule has 336 valence electrons. The summed E-state index contributed by atoms with van der Waals surface area (Å²) in [5.41, 5.74) is -1.00. The Hall–Kier alpha value is -4.27. The van der Waals surface area contributed by atoms with E-state index in [9.17, 15) is 33.6 Å². The van der Waals surface area contributed by atoms with Crippen molar-refractivity contribution in [1.29, 1.82) is 0 Å². The third kappa shape index (κ3) is 17.5. The zero-order valence-electron chi connectivity index (χ0n) is 36.9. The lowest BCUT2D eigenvalue weighted by atomic mass is 10.2. The summed E-state index contributed by atoms with van der Waals surface area (Å²) in [6, 6.07) is 0.0633. The zero-order valence-corrected chi connectivity index (χ0v) is 36.9. The van der Waals surface area contributed by atoms with Crippen LogP contribution < -0.4 is 5.32 Å². The summed E-state index contributed by atoms with van der Waals surface area (Å²) in [6.45, 7) is 24.2. The minimum Gasteiger partial charge on any atom is -0.480 e. The van der Waals surface area contributed by atoms with E-state index in [0.717, 1.165) is 26.2 Å². The van der Waals surface area contributed by atoms with E-state index < -0.39 is 17.2 Å². The van der Waals surface area contributed by atoms with Crippen molar-refractivity contribution in [3.63, 3.8) is 0 Å². The van der Waals surface area contributed by atoms with Crippen LogP contribution in [0.15, 0.2) is 0 Å². The number of nitrogens with zero attached hydrogens (tertiary/aromatic N) is 9. The molecule has 5 aliphatic heterocycles. The Kier molecular flexibility index (Phi) is 18.6. The first kappa shape index (κ1) is 49.1. The number of carbonyl (C=O) groups excluding carboxylic acids is 6. The second kappa shape index (κ2) is 22.4. The Morgan fingerprint density at radius 3 is 1.46 bits per heavy atom. The number of ether oxygens (including phenoxy) is 2. The van der Waals surface area contributed by atoms with Crippen molar-refractivity contribution in [2.24, 2.45) is 0 Å². The van der Waals surface area contributed by atoms with Crippen molar-refractivity contribution in [3.8, 4) is 0 Å². The molecule has 1 unspecified atom stereocenters. The minimum absolute atomic E-state index is 0.0256. The molecule has 20 nitrogen and oxygen atoms in total. The molecular weight excluding hydrogens is 768 g/mol. The van der Waals surface area contributed by atoms with Gasteiger partial charge in [0, 0.05) is 118 Å². The molecule has 1 atom stereocenters. The highest BCUT2D eigenvalue weighted by Crippen LogP contribution is 2.16. The Morgan fingerprint density at radius 1 is 0.593 bits per heavy atom. The lowest BCUT2D eigenvalue weighted by molar-refractivity contribution is -0.145. The van der Waals surface area contributed by atoms with Crippen molar-refractivity contribution >= 4 is 41.8 Å². The first-order valence-corrected chi connectivity index (χ1v) is 20.6. The highest BCUT2D eigenvalue weighted by molar-refractivity contribution is 5.87. The van der Waals surface area contributed by atoms with Gasteiger partial charge >= 0.3 is 18.2 Å². The van der Waals surface area contributed by atoms with Gasteiger partial charge in [-0.05, 0) is 48.5 Å². The van der Waals surface area contributed by atoms with Crippen LogP contribution in [0.2, 0.25) is 0 Å². The van der Waals surface area contributed by atoms with Crippen molar-refractivity contribution in [1.82, 2.24) is 49.4 Å². The molecule has 6 amide bonds. The van der Waals surface area contributed by atoms with Crippen LogP contribution in [0.1, 0.15) is 48.5 Å². The summed E-state index contributed by atoms with van der Waals surface area (Å²) in [7, 11) is 3.53. The number of aliphatic carboxylic acids is 1. The largest absolute Gasteiger partial charge is 0.480 e. The van der Waals surface area contributed by atoms with Crippen LogP contribution in [0.4, 0.5) is 9.59 Å². The zero-order chi connectivity index (χ0) is 44.1. The maximum absolute atomic E-state index is 12.5. The second-order valence-electron chi connectivity index (χ2n) is 17.7. The number of piperazine rings is 5. The molecule has 0 aromatic rings. The number of hydrogen-bond acceptors (Lipinski definition) is 13. The molecule has 5 rings (SSSR count). The first-order valence-electron chi connectivity index (χ1n) is 20.6. The molecule has 5 fully saturated rings. The SMILES string of the molecule is CC(C)(C)OC(=O)N1CCN(CC(=O)O)CC1.CC1CN(C(=O)OC(C)(C)C)CCN1CC(=O)N1CCN(C)C(=O)C1.CN1CCN(C(=O)CN2CCNCC2)CC1=O. The summed E-state index contributed by atoms with van der Waals surface area (Å²) < 4.78 is 10.7. The van der Waals surface area contributed by atoms with Gasteiger partial charge in [-0.2, -0.15) is 0 Å². The number of carbonyl (C=O) groups is 7. The molecule has 2 N–H and O–H groups in total. The second-order valence-corrected chi connectivity index (χ2v) is 17.7. The van der Waals surface area contributed by atoms with Gasteiger partial charge in [-0.15, -0.1) is 0 Å². The molecular formula is C39H70N10O10. The molecule has 0 aromatic carbocycles. The van der Waals surface area contributed by atoms with E-state index in [1.165, 1.54) is 0 Å². The van der Waals surface area contributed by atoms with Gasteiger partial charge in [0.05, 0.1) is 32.7 Å². The number of nitrogens with one attached hydrogen (secondary N) is 1. The topological polar surface area (TPSA) is 199 Å². The summed E-state index contributed by atoms with van der Waals surface area (Å²) in [5.74, 6) is -0.782. The lowest BCUT2D eigenvalue weighted by Gasteiger charge is -2.41. The van der Waals surface area contributed by atoms with E-state index in [1.807, 2.05) is 53.4 Å². The average molecular weight is 839 g/mol. The molecule has 59 heavy (non-hydrogen) atoms. The summed E-state index contributed by atoms with van der Waals surface area (Å²) in [4.78, 5) is 98.1. The van der Waals surface area contributed by atoms with Crippen LogP contribution in [-0.4, -0.2) is 253 Å². The van der Waals surface area contributed by atoms with Crippen LogP contribution in [0.5, 0.6) is 0 Å². The van der Waals surface area contributed by atoms with E-state index in [0.29, 0.717) is 78.5 Å². The third-order valence-electron chi connectivity index (χ3n) is 10.3. The van der Waals surface area contributed by atoms with Crippen molar-refractivity contribution in [2.75, 3.05) is 145 Å². The van der Waals surface area contributed by atoms with Gasteiger partial charge in [0.15, 0.2) is 0 Å². The molecule has 0 spiro atoms. The molecule has 0 aromatic heterocycles. The first-order chi connectivity index (χ1) is 27.5. The number of amides is 6. The monoisotopic (exact) mass is 839 g/mol. The van der Waals surface area contributed by atoms with Crippen LogP contribution in [0.3, 0.4) is 0 Å². The van der Waals surface area contributed by atoms with Crippen molar-refractivity contribution in [3.05, 3.63) is 0 Å². The molecule has 5 aliphatic rings. The van der Waals surface area contributed by atoms with Crippen LogP contribution in [-0.2, 0) is 33.4 Å². The summed E-state index contributed by atoms with van der Waals surface area (Å²) in [5, 5.41) is 11.9. The van der Waals surface area contributed by atoms with Gasteiger partial charge in [-0.25, -0.2) is 9.59 Å². The summed E-state index contributed by atoms with van der Waals surface area (Å²) in [6.07, 6.45) is -0.637. The Balaban J connectivity index is 0.000000244. The third-order valence-corrected chi connectivity index (χ3v) is 10.3. The van der Waals surface area contributed by atoms with Gasteiger partial charge in [0.2, 0.25) is 23.6 Å². The molecule has 5 heterocycles. The summed E-state index contributed by atoms with van der Waals surface area (Å²) >= 11 is 0. The highest BCUT2D eigenvalue weighted by Gasteiger charge is 2.33. The van der Waals surface area contributed by atoms with E-state index >= 15 is 0 Å². The van der Waals surface area contributed by atoms with Gasteiger partial charge in [-0.3, -0.25) is 38.7 Å². The lowest BCUT2D eigenvalue weighted by Crippen LogP contribution is -2.58. The molecule has 0 saturated carbocycles. The van der Waals surface area contributed by atoms with Crippen molar-refractivity contribution in [2.45, 2.75) is 65.7 Å². The Morgan fingerprint density at radius 2 is 1.02 bits per heavy atom. The predicted molar refractivity (Wildman–Crippen MR) is 218 cm³/mol. The fourth-order valence-electron chi connectivity index (χ4n) is 6.71. The number of carboxylic acids is 1. The quantitative estimate of drug-likeness (QED) is 0.332. The fraction of sp³-hybridized carbons (Fsp3) is 0.821. The fourth-order valence-corrected chi connectivity index (χ4v) is 6.71. The number of rotatable bonds is 6. The van der Waals surface area contributed by atoms with Crippen LogP contribution in [0.25, 0.3) is 0 Å². The average Bonchev–Trinajstić information content (AvgIpc) is 3.14. The van der Waals surface area contributed by atoms with Gasteiger partial charge in [0.25, 0.3) is 0 Å². The van der Waals surface area contributed by atoms with Crippen LogP contribution in [0, 0.1) is 0 Å². The van der Waals surface area contributed by atoms with E-state index in [-0.39, 0.29) is 68.0 Å². The van der Waals surface area contributed by atoms with Gasteiger partial charge in [0.1, 0.15) is 11.2 Å². The minimum atomic E-state index is -0.837. The maximum Gasteiger partial charge on any atom is 0.410 e. The molecule has 0 radical (unpaired) electrons. The standard InChI is InChI=1S/C17H30N4O4.C11H20N4O2.C11H20N2O4/c1-13-10-21(16(24)25-17(2,3)4)9-8-19(13)12-15(23)20-7-6-18(5)14(22)11-20;1-13-6-7-15(9-10(13)16)11(17)8-14-4-2-12-3-5-14;1-11(2,3)17-10(16)13-6-4-12(5-7-13)8-9(14)15/h13H,6-12H2,1-5H3;12H,2-9H2,1H3;4-8H2,1-3H3,(H,14,15). The number of carboxylic acid groups (broad SMARTS) is 1. The number of likely N-dealkylation sites (N-methyl/N-ethyl adjacent to an activating group) is 2. The molecule has 20 heteroatoms. The smallest absolute Gasteiger partial charge is 0.410 e. The van der Waals surface area contributed by atoms with E-state index in [1.54, 1.807) is 43.5 Å². The Labute approximate surface area is 349 Å². The normalized spacial score (nSPS) is 21.5. The van der Waals surface area contributed by atoms with Crippen LogP contribution >= 0.6 is 0 Å². The molecule has 5 saturated heterocycles. The molecule has 0 bridgehead atoms. The molecule has 0 aliphatic carbocycles. The van der Waals surface area contributed by atoms with Gasteiger partial charge < -0.3 is 49.3 Å².